The molecule has 0 amide bonds. The molecule has 17 heavy (non-hydrogen) atoms. The zero-order valence-corrected chi connectivity index (χ0v) is 11.1. The van der Waals surface area contributed by atoms with Crippen LogP contribution in [-0.4, -0.2) is 17.5 Å². The normalized spacial score (nSPS) is 47.2. The molecule has 3 atom stereocenters. The third-order valence-electron chi connectivity index (χ3n) is 5.63. The number of carbonyl (C=O) groups excluding carboxylic acids is 1. The minimum absolute atomic E-state index is 0.0722. The molecule has 0 unspecified atom stereocenters. The molecule has 0 radical (unpaired) electrons. The van der Waals surface area contributed by atoms with Crippen LogP contribution in [0.25, 0.3) is 0 Å². The van der Waals surface area contributed by atoms with E-state index in [0.717, 1.165) is 31.1 Å². The monoisotopic (exact) mass is 234 g/mol. The van der Waals surface area contributed by atoms with Gasteiger partial charge in [0.05, 0.1) is 5.60 Å². The Morgan fingerprint density at radius 3 is 2.82 bits per heavy atom. The molecular weight excluding hydrogens is 212 g/mol. The molecule has 2 aliphatic carbocycles. The number of fused-ring (bicyclic) bond motifs is 1. The van der Waals surface area contributed by atoms with Gasteiger partial charge in [-0.05, 0) is 51.9 Å². The molecule has 3 rings (SSSR count). The van der Waals surface area contributed by atoms with E-state index in [9.17, 15) is 4.79 Å². The summed E-state index contributed by atoms with van der Waals surface area (Å²) in [5.41, 5.74) is 0.736. The molecule has 0 aromatic carbocycles. The van der Waals surface area contributed by atoms with Gasteiger partial charge in [0.2, 0.25) is 0 Å². The maximum atomic E-state index is 11.4. The molecule has 0 aromatic heterocycles. The highest BCUT2D eigenvalue weighted by atomic mass is 16.5. The maximum Gasteiger partial charge on any atom is 0.148 e. The smallest absolute Gasteiger partial charge is 0.148 e. The molecule has 1 aliphatic heterocycles. The first-order valence-electron chi connectivity index (χ1n) is 6.80. The Labute approximate surface area is 103 Å². The van der Waals surface area contributed by atoms with Gasteiger partial charge < -0.3 is 4.74 Å². The van der Waals surface area contributed by atoms with Crippen molar-refractivity contribution in [1.82, 2.24) is 0 Å². The van der Waals surface area contributed by atoms with Gasteiger partial charge in [0.1, 0.15) is 11.9 Å². The second-order valence-corrected chi connectivity index (χ2v) is 6.85. The van der Waals surface area contributed by atoms with E-state index in [0.29, 0.717) is 5.92 Å². The van der Waals surface area contributed by atoms with Gasteiger partial charge in [0.15, 0.2) is 0 Å². The van der Waals surface area contributed by atoms with Crippen LogP contribution in [0.3, 0.4) is 0 Å². The molecule has 2 fully saturated rings. The molecule has 1 saturated carbocycles. The third-order valence-corrected chi connectivity index (χ3v) is 5.63. The summed E-state index contributed by atoms with van der Waals surface area (Å²) in [5, 5.41) is 0. The summed E-state index contributed by atoms with van der Waals surface area (Å²) in [5.74, 6) is 0.608. The summed E-state index contributed by atoms with van der Waals surface area (Å²) in [6.45, 7) is 6.70. The van der Waals surface area contributed by atoms with Gasteiger partial charge in [-0.3, -0.25) is 4.79 Å². The van der Waals surface area contributed by atoms with Crippen molar-refractivity contribution in [2.45, 2.75) is 64.1 Å². The van der Waals surface area contributed by atoms with Crippen LogP contribution in [0.5, 0.6) is 0 Å². The third kappa shape index (κ3) is 1.28. The highest BCUT2D eigenvalue weighted by molar-refractivity contribution is 5.77. The van der Waals surface area contributed by atoms with Crippen LogP contribution in [-0.2, 0) is 9.53 Å². The molecule has 1 spiro atoms. The average Bonchev–Trinajstić information content (AvgIpc) is 2.49. The second-order valence-electron chi connectivity index (χ2n) is 6.85. The Hall–Kier alpha value is -0.630. The van der Waals surface area contributed by atoms with E-state index in [2.05, 4.69) is 26.8 Å². The van der Waals surface area contributed by atoms with E-state index in [4.69, 9.17) is 4.74 Å². The molecule has 2 heteroatoms. The number of hydrogen-bond acceptors (Lipinski definition) is 2. The molecule has 2 nitrogen and oxygen atoms in total. The Morgan fingerprint density at radius 2 is 2.12 bits per heavy atom. The Kier molecular flexibility index (Phi) is 2.17. The van der Waals surface area contributed by atoms with Gasteiger partial charge in [-0.1, -0.05) is 13.0 Å². The first-order valence-corrected chi connectivity index (χ1v) is 6.80. The van der Waals surface area contributed by atoms with Crippen molar-refractivity contribution in [2.24, 2.45) is 11.3 Å². The summed E-state index contributed by atoms with van der Waals surface area (Å²) >= 11 is 0. The summed E-state index contributed by atoms with van der Waals surface area (Å²) in [6.07, 6.45) is 8.83. The van der Waals surface area contributed by atoms with E-state index in [1.807, 2.05) is 0 Å². The van der Waals surface area contributed by atoms with Gasteiger partial charge in [-0.25, -0.2) is 0 Å². The minimum atomic E-state index is -0.278. The quantitative estimate of drug-likeness (QED) is 0.651. The van der Waals surface area contributed by atoms with Gasteiger partial charge in [0, 0.05) is 11.0 Å². The lowest BCUT2D eigenvalue weighted by Gasteiger charge is -2.51. The van der Waals surface area contributed by atoms with Crippen LogP contribution in [0.2, 0.25) is 0 Å². The van der Waals surface area contributed by atoms with Crippen LogP contribution >= 0.6 is 0 Å². The van der Waals surface area contributed by atoms with E-state index in [1.165, 1.54) is 12.8 Å². The summed E-state index contributed by atoms with van der Waals surface area (Å²) in [6, 6.07) is 0. The summed E-state index contributed by atoms with van der Waals surface area (Å²) in [4.78, 5) is 11.4. The maximum absolute atomic E-state index is 11.4. The highest BCUT2D eigenvalue weighted by Gasteiger charge is 2.64. The Morgan fingerprint density at radius 1 is 1.35 bits per heavy atom. The van der Waals surface area contributed by atoms with Crippen molar-refractivity contribution in [3.63, 3.8) is 0 Å². The SMILES string of the molecule is CC1(C)O[C@]23C[C@H]1CC[C@]2(C)CCC=C3C=O. The lowest BCUT2D eigenvalue weighted by molar-refractivity contribution is -0.137. The molecule has 0 N–H and O–H groups in total. The largest absolute Gasteiger partial charge is 0.363 e. The van der Waals surface area contributed by atoms with E-state index < -0.39 is 0 Å². The Balaban J connectivity index is 2.13. The number of hydrogen-bond donors (Lipinski definition) is 0. The molecule has 1 heterocycles. The molecule has 94 valence electrons. The van der Waals surface area contributed by atoms with Crippen LogP contribution < -0.4 is 0 Å². The number of carbonyl (C=O) groups is 1. The number of aldehydes is 1. The fourth-order valence-electron chi connectivity index (χ4n) is 4.39. The number of allylic oxidation sites excluding steroid dienone is 1. The molecule has 0 aromatic rings. The van der Waals surface area contributed by atoms with Crippen LogP contribution in [0.15, 0.2) is 11.6 Å². The Bertz CT molecular complexity index is 396. The van der Waals surface area contributed by atoms with Crippen molar-refractivity contribution >= 4 is 6.29 Å². The summed E-state index contributed by atoms with van der Waals surface area (Å²) in [7, 11) is 0. The van der Waals surface area contributed by atoms with Gasteiger partial charge in [0.25, 0.3) is 0 Å². The predicted octanol–water partition coefficient (Wildman–Crippen LogP) is 3.26. The van der Waals surface area contributed by atoms with Crippen LogP contribution in [0.4, 0.5) is 0 Å². The van der Waals surface area contributed by atoms with Gasteiger partial charge in [-0.15, -0.1) is 0 Å². The number of ether oxygens (including phenoxy) is 1. The zero-order chi connectivity index (χ0) is 12.3. The van der Waals surface area contributed by atoms with Crippen molar-refractivity contribution in [3.8, 4) is 0 Å². The molecule has 1 saturated heterocycles. The zero-order valence-electron chi connectivity index (χ0n) is 11.1. The van der Waals surface area contributed by atoms with Gasteiger partial charge >= 0.3 is 0 Å². The minimum Gasteiger partial charge on any atom is -0.363 e. The molecule has 3 aliphatic rings. The van der Waals surface area contributed by atoms with Crippen molar-refractivity contribution in [3.05, 3.63) is 11.6 Å². The van der Waals surface area contributed by atoms with E-state index in [1.54, 1.807) is 0 Å². The fourth-order valence-corrected chi connectivity index (χ4v) is 4.39. The van der Waals surface area contributed by atoms with Crippen molar-refractivity contribution < 1.29 is 9.53 Å². The van der Waals surface area contributed by atoms with Gasteiger partial charge in [-0.2, -0.15) is 0 Å². The second kappa shape index (κ2) is 3.23. The van der Waals surface area contributed by atoms with E-state index >= 15 is 0 Å². The van der Waals surface area contributed by atoms with Crippen LogP contribution in [0.1, 0.15) is 52.9 Å². The average molecular weight is 234 g/mol. The predicted molar refractivity (Wildman–Crippen MR) is 66.7 cm³/mol. The highest BCUT2D eigenvalue weighted by Crippen LogP contribution is 2.64. The lowest BCUT2D eigenvalue weighted by Crippen LogP contribution is -2.52. The topological polar surface area (TPSA) is 26.3 Å². The van der Waals surface area contributed by atoms with Crippen LogP contribution in [0, 0.1) is 11.3 Å². The first kappa shape index (κ1) is 11.5. The van der Waals surface area contributed by atoms with Crippen molar-refractivity contribution in [1.29, 1.82) is 0 Å². The summed E-state index contributed by atoms with van der Waals surface area (Å²) < 4.78 is 6.47. The molecular formula is C15H22O2. The van der Waals surface area contributed by atoms with E-state index in [-0.39, 0.29) is 16.6 Å². The van der Waals surface area contributed by atoms with Crippen molar-refractivity contribution in [2.75, 3.05) is 0 Å². The number of rotatable bonds is 1. The fraction of sp³-hybridized carbons (Fsp3) is 0.800. The first-order chi connectivity index (χ1) is 7.94. The molecule has 2 bridgehead atoms. The lowest BCUT2D eigenvalue weighted by atomic mass is 9.55. The standard InChI is InChI=1S/C15H22O2/c1-13(2)11-6-8-14(3)7-4-5-12(10-16)15(14,9-11)17-13/h5,10-11H,4,6-9H2,1-3H3/t11-,14+,15+/m1/s1.